The standard InChI is InChI=1S/C14H23N/c1-4-5-13-6-8-14(9-7-13)11(2)10-12(3)15/h6-9,11-12H,4-5,10,15H2,1-3H3. The largest absolute Gasteiger partial charge is 0.328 e. The van der Waals surface area contributed by atoms with Gasteiger partial charge in [0.2, 0.25) is 0 Å². The van der Waals surface area contributed by atoms with Crippen LogP contribution in [0.25, 0.3) is 0 Å². The molecule has 0 saturated carbocycles. The van der Waals surface area contributed by atoms with Crippen molar-refractivity contribution in [2.24, 2.45) is 5.73 Å². The highest BCUT2D eigenvalue weighted by molar-refractivity contribution is 5.25. The maximum atomic E-state index is 5.81. The molecule has 1 rings (SSSR count). The molecule has 0 saturated heterocycles. The van der Waals surface area contributed by atoms with Gasteiger partial charge in [-0.05, 0) is 36.8 Å². The first-order valence-electron chi connectivity index (χ1n) is 5.98. The van der Waals surface area contributed by atoms with Gasteiger partial charge in [0, 0.05) is 6.04 Å². The Bertz CT molecular complexity index is 274. The fraction of sp³-hybridized carbons (Fsp3) is 0.571. The van der Waals surface area contributed by atoms with Crippen LogP contribution < -0.4 is 5.73 Å². The molecule has 2 N–H and O–H groups in total. The van der Waals surface area contributed by atoms with Gasteiger partial charge in [-0.3, -0.25) is 0 Å². The van der Waals surface area contributed by atoms with Gasteiger partial charge in [-0.1, -0.05) is 44.5 Å². The number of hydrogen-bond donors (Lipinski definition) is 1. The lowest BCUT2D eigenvalue weighted by Gasteiger charge is -2.14. The zero-order valence-electron chi connectivity index (χ0n) is 10.2. The Balaban J connectivity index is 2.62. The third kappa shape index (κ3) is 4.05. The van der Waals surface area contributed by atoms with E-state index in [4.69, 9.17) is 5.73 Å². The SMILES string of the molecule is CCCc1ccc(C(C)CC(C)N)cc1. The third-order valence-electron chi connectivity index (χ3n) is 2.81. The number of aryl methyl sites for hydroxylation is 1. The van der Waals surface area contributed by atoms with E-state index in [9.17, 15) is 0 Å². The summed E-state index contributed by atoms with van der Waals surface area (Å²) in [5.74, 6) is 0.570. The Morgan fingerprint density at radius 3 is 2.20 bits per heavy atom. The summed E-state index contributed by atoms with van der Waals surface area (Å²) >= 11 is 0. The highest BCUT2D eigenvalue weighted by Crippen LogP contribution is 2.20. The van der Waals surface area contributed by atoms with Crippen molar-refractivity contribution >= 4 is 0 Å². The van der Waals surface area contributed by atoms with E-state index < -0.39 is 0 Å². The van der Waals surface area contributed by atoms with E-state index in [0.717, 1.165) is 6.42 Å². The molecule has 0 aliphatic carbocycles. The minimum Gasteiger partial charge on any atom is -0.328 e. The van der Waals surface area contributed by atoms with Crippen molar-refractivity contribution in [3.05, 3.63) is 35.4 Å². The van der Waals surface area contributed by atoms with Crippen molar-refractivity contribution < 1.29 is 0 Å². The number of nitrogens with two attached hydrogens (primary N) is 1. The maximum absolute atomic E-state index is 5.81. The fourth-order valence-corrected chi connectivity index (χ4v) is 2.00. The van der Waals surface area contributed by atoms with Gasteiger partial charge in [-0.15, -0.1) is 0 Å². The van der Waals surface area contributed by atoms with Gasteiger partial charge in [0.1, 0.15) is 0 Å². The molecule has 0 heterocycles. The van der Waals surface area contributed by atoms with Crippen LogP contribution in [0, 0.1) is 0 Å². The Hall–Kier alpha value is -0.820. The summed E-state index contributed by atoms with van der Waals surface area (Å²) in [4.78, 5) is 0. The van der Waals surface area contributed by atoms with Crippen molar-refractivity contribution in [1.29, 1.82) is 0 Å². The predicted molar refractivity (Wildman–Crippen MR) is 67.1 cm³/mol. The lowest BCUT2D eigenvalue weighted by atomic mass is 9.93. The van der Waals surface area contributed by atoms with Crippen LogP contribution >= 0.6 is 0 Å². The summed E-state index contributed by atoms with van der Waals surface area (Å²) in [5.41, 5.74) is 8.66. The molecule has 0 aliphatic rings. The summed E-state index contributed by atoms with van der Waals surface area (Å²) in [6.45, 7) is 6.53. The molecule has 0 spiro atoms. The first-order valence-corrected chi connectivity index (χ1v) is 5.98. The van der Waals surface area contributed by atoms with Crippen LogP contribution in [0.15, 0.2) is 24.3 Å². The minimum atomic E-state index is 0.287. The van der Waals surface area contributed by atoms with E-state index in [2.05, 4.69) is 45.0 Å². The quantitative estimate of drug-likeness (QED) is 0.782. The Morgan fingerprint density at radius 2 is 1.73 bits per heavy atom. The van der Waals surface area contributed by atoms with Gasteiger partial charge < -0.3 is 5.73 Å². The van der Waals surface area contributed by atoms with Gasteiger partial charge in [0.25, 0.3) is 0 Å². The molecule has 84 valence electrons. The average molecular weight is 205 g/mol. The van der Waals surface area contributed by atoms with Gasteiger partial charge in [0.05, 0.1) is 0 Å². The number of benzene rings is 1. The molecular weight excluding hydrogens is 182 g/mol. The van der Waals surface area contributed by atoms with Crippen LogP contribution in [-0.2, 0) is 6.42 Å². The molecule has 1 heteroatoms. The van der Waals surface area contributed by atoms with Gasteiger partial charge in [-0.25, -0.2) is 0 Å². The zero-order chi connectivity index (χ0) is 11.3. The Labute approximate surface area is 93.7 Å². The third-order valence-corrected chi connectivity index (χ3v) is 2.81. The summed E-state index contributed by atoms with van der Waals surface area (Å²) < 4.78 is 0. The van der Waals surface area contributed by atoms with Crippen LogP contribution in [0.5, 0.6) is 0 Å². The second kappa shape index (κ2) is 5.92. The molecule has 0 amide bonds. The molecular formula is C14H23N. The molecule has 0 fully saturated rings. The smallest absolute Gasteiger partial charge is 0.00162 e. The van der Waals surface area contributed by atoms with Gasteiger partial charge >= 0.3 is 0 Å². The second-order valence-corrected chi connectivity index (χ2v) is 4.61. The van der Waals surface area contributed by atoms with Crippen LogP contribution in [0.2, 0.25) is 0 Å². The summed E-state index contributed by atoms with van der Waals surface area (Å²) in [5, 5.41) is 0. The zero-order valence-corrected chi connectivity index (χ0v) is 10.2. The summed E-state index contributed by atoms with van der Waals surface area (Å²) in [6.07, 6.45) is 3.46. The molecule has 15 heavy (non-hydrogen) atoms. The fourth-order valence-electron chi connectivity index (χ4n) is 2.00. The average Bonchev–Trinajstić information content (AvgIpc) is 2.18. The molecule has 0 aliphatic heterocycles. The summed E-state index contributed by atoms with van der Waals surface area (Å²) in [6, 6.07) is 9.28. The monoisotopic (exact) mass is 205 g/mol. The molecule has 0 aromatic heterocycles. The van der Waals surface area contributed by atoms with Crippen LogP contribution in [0.1, 0.15) is 50.7 Å². The van der Waals surface area contributed by atoms with E-state index in [-0.39, 0.29) is 6.04 Å². The van der Waals surface area contributed by atoms with Crippen molar-refractivity contribution in [2.75, 3.05) is 0 Å². The molecule has 0 radical (unpaired) electrons. The molecule has 0 bridgehead atoms. The Kier molecular flexibility index (Phi) is 4.83. The Morgan fingerprint density at radius 1 is 1.13 bits per heavy atom. The second-order valence-electron chi connectivity index (χ2n) is 4.61. The molecule has 2 unspecified atom stereocenters. The van der Waals surface area contributed by atoms with Crippen LogP contribution in [0.4, 0.5) is 0 Å². The molecule has 1 aromatic rings. The van der Waals surface area contributed by atoms with Crippen LogP contribution in [-0.4, -0.2) is 6.04 Å². The predicted octanol–water partition coefficient (Wildman–Crippen LogP) is 3.48. The van der Waals surface area contributed by atoms with E-state index in [1.165, 1.54) is 24.0 Å². The topological polar surface area (TPSA) is 26.0 Å². The minimum absolute atomic E-state index is 0.287. The summed E-state index contributed by atoms with van der Waals surface area (Å²) in [7, 11) is 0. The highest BCUT2D eigenvalue weighted by Gasteiger charge is 2.07. The molecule has 2 atom stereocenters. The molecule has 1 nitrogen and oxygen atoms in total. The van der Waals surface area contributed by atoms with Crippen LogP contribution in [0.3, 0.4) is 0 Å². The first-order chi connectivity index (χ1) is 7.13. The van der Waals surface area contributed by atoms with Gasteiger partial charge in [-0.2, -0.15) is 0 Å². The number of rotatable bonds is 5. The van der Waals surface area contributed by atoms with E-state index in [1.54, 1.807) is 0 Å². The van der Waals surface area contributed by atoms with Crippen molar-refractivity contribution in [3.63, 3.8) is 0 Å². The lowest BCUT2D eigenvalue weighted by Crippen LogP contribution is -2.17. The lowest BCUT2D eigenvalue weighted by molar-refractivity contribution is 0.586. The highest BCUT2D eigenvalue weighted by atomic mass is 14.6. The van der Waals surface area contributed by atoms with Crippen molar-refractivity contribution in [2.45, 2.75) is 52.0 Å². The van der Waals surface area contributed by atoms with Crippen molar-refractivity contribution in [1.82, 2.24) is 0 Å². The normalized spacial score (nSPS) is 14.9. The first kappa shape index (κ1) is 12.3. The van der Waals surface area contributed by atoms with Crippen molar-refractivity contribution in [3.8, 4) is 0 Å². The maximum Gasteiger partial charge on any atom is 0.00162 e. The molecule has 1 aromatic carbocycles. The van der Waals surface area contributed by atoms with E-state index in [1.807, 2.05) is 0 Å². The van der Waals surface area contributed by atoms with E-state index >= 15 is 0 Å². The van der Waals surface area contributed by atoms with Gasteiger partial charge in [0.15, 0.2) is 0 Å². The van der Waals surface area contributed by atoms with E-state index in [0.29, 0.717) is 5.92 Å². The number of hydrogen-bond acceptors (Lipinski definition) is 1.